The summed E-state index contributed by atoms with van der Waals surface area (Å²) in [6.45, 7) is 2.71. The summed E-state index contributed by atoms with van der Waals surface area (Å²) in [5, 5.41) is 5.25. The summed E-state index contributed by atoms with van der Waals surface area (Å²) in [4.78, 5) is 23.5. The van der Waals surface area contributed by atoms with E-state index in [4.69, 9.17) is 4.42 Å². The fourth-order valence-electron chi connectivity index (χ4n) is 3.11. The summed E-state index contributed by atoms with van der Waals surface area (Å²) in [5.41, 5.74) is 3.08. The highest BCUT2D eigenvalue weighted by Gasteiger charge is 2.20. The predicted octanol–water partition coefficient (Wildman–Crippen LogP) is 3.11. The van der Waals surface area contributed by atoms with Gasteiger partial charge >= 0.3 is 0 Å². The van der Waals surface area contributed by atoms with Crippen molar-refractivity contribution in [3.63, 3.8) is 0 Å². The number of rotatable bonds is 5. The maximum Gasteiger partial charge on any atom is 0.256 e. The molecule has 0 aliphatic carbocycles. The molecular weight excluding hydrogens is 342 g/mol. The second kappa shape index (κ2) is 7.03. The second-order valence-corrected chi connectivity index (χ2v) is 6.41. The Hall–Kier alpha value is -3.48. The van der Waals surface area contributed by atoms with E-state index in [-0.39, 0.29) is 5.91 Å². The van der Waals surface area contributed by atoms with Crippen LogP contribution in [-0.4, -0.2) is 30.6 Å². The molecule has 4 aromatic heterocycles. The Morgan fingerprint density at radius 3 is 2.85 bits per heavy atom. The molecule has 7 nitrogen and oxygen atoms in total. The summed E-state index contributed by atoms with van der Waals surface area (Å²) in [5.74, 6) is 0.603. The number of hydrogen-bond donors (Lipinski definition) is 0. The molecule has 27 heavy (non-hydrogen) atoms. The Balaban J connectivity index is 1.67. The molecule has 4 rings (SSSR count). The molecule has 0 unspecified atom stereocenters. The standard InChI is InChI=1S/C20H19N5O2/c1-14-18-9-16(11-22-19(18)24(2)23-14)20(26)25(13-17-6-4-8-27-17)12-15-5-3-7-21-10-15/h3-11H,12-13H2,1-2H3. The van der Waals surface area contributed by atoms with Crippen molar-refractivity contribution in [2.45, 2.75) is 20.0 Å². The number of aryl methyl sites for hydroxylation is 2. The van der Waals surface area contributed by atoms with E-state index in [1.54, 1.807) is 34.4 Å². The maximum absolute atomic E-state index is 13.2. The molecule has 0 atom stereocenters. The molecule has 0 radical (unpaired) electrons. The smallest absolute Gasteiger partial charge is 0.256 e. The van der Waals surface area contributed by atoms with E-state index < -0.39 is 0 Å². The summed E-state index contributed by atoms with van der Waals surface area (Å²) >= 11 is 0. The Kier molecular flexibility index (Phi) is 4.42. The number of nitrogens with zero attached hydrogens (tertiary/aromatic N) is 5. The topological polar surface area (TPSA) is 77.1 Å². The van der Waals surface area contributed by atoms with E-state index in [0.29, 0.717) is 18.7 Å². The lowest BCUT2D eigenvalue weighted by Crippen LogP contribution is -2.30. The third-order valence-corrected chi connectivity index (χ3v) is 4.42. The highest BCUT2D eigenvalue weighted by molar-refractivity contribution is 5.97. The summed E-state index contributed by atoms with van der Waals surface area (Å²) < 4.78 is 7.16. The second-order valence-electron chi connectivity index (χ2n) is 6.41. The molecule has 0 saturated heterocycles. The van der Waals surface area contributed by atoms with Crippen LogP contribution in [0, 0.1) is 6.92 Å². The molecule has 4 aromatic rings. The number of furan rings is 1. The summed E-state index contributed by atoms with van der Waals surface area (Å²) in [7, 11) is 1.84. The zero-order valence-corrected chi connectivity index (χ0v) is 15.2. The van der Waals surface area contributed by atoms with Crippen molar-refractivity contribution in [3.8, 4) is 0 Å². The molecule has 1 amide bonds. The molecule has 136 valence electrons. The van der Waals surface area contributed by atoms with Crippen molar-refractivity contribution in [1.29, 1.82) is 0 Å². The van der Waals surface area contributed by atoms with Gasteiger partial charge in [-0.05, 0) is 36.8 Å². The SMILES string of the molecule is Cc1nn(C)c2ncc(C(=O)N(Cc3cccnc3)Cc3ccco3)cc12. The molecule has 0 saturated carbocycles. The van der Waals surface area contributed by atoms with Crippen molar-refractivity contribution < 1.29 is 9.21 Å². The Bertz CT molecular complexity index is 1070. The van der Waals surface area contributed by atoms with Crippen molar-refractivity contribution in [2.24, 2.45) is 7.05 Å². The molecule has 0 spiro atoms. The van der Waals surface area contributed by atoms with Gasteiger partial charge in [-0.3, -0.25) is 14.5 Å². The van der Waals surface area contributed by atoms with Crippen LogP contribution in [0.2, 0.25) is 0 Å². The average molecular weight is 361 g/mol. The molecular formula is C20H19N5O2. The number of pyridine rings is 2. The molecule has 4 heterocycles. The Labute approximate surface area is 156 Å². The Morgan fingerprint density at radius 2 is 2.11 bits per heavy atom. The molecule has 7 heteroatoms. The largest absolute Gasteiger partial charge is 0.467 e. The molecule has 0 bridgehead atoms. The summed E-state index contributed by atoms with van der Waals surface area (Å²) in [6, 6.07) is 9.33. The van der Waals surface area contributed by atoms with Crippen LogP contribution in [0.5, 0.6) is 0 Å². The van der Waals surface area contributed by atoms with Gasteiger partial charge in [0.05, 0.1) is 24.1 Å². The normalized spacial score (nSPS) is 11.0. The first-order valence-corrected chi connectivity index (χ1v) is 8.62. The van der Waals surface area contributed by atoms with Crippen molar-refractivity contribution in [1.82, 2.24) is 24.6 Å². The van der Waals surface area contributed by atoms with Gasteiger partial charge in [-0.1, -0.05) is 6.07 Å². The number of carbonyl (C=O) groups is 1. The molecule has 0 aliphatic rings. The molecule has 0 aliphatic heterocycles. The zero-order chi connectivity index (χ0) is 18.8. The molecule has 0 aromatic carbocycles. The Morgan fingerprint density at radius 1 is 1.22 bits per heavy atom. The van der Waals surface area contributed by atoms with Crippen LogP contribution in [0.15, 0.2) is 59.6 Å². The lowest BCUT2D eigenvalue weighted by molar-refractivity contribution is 0.0717. The number of fused-ring (bicyclic) bond motifs is 1. The van der Waals surface area contributed by atoms with Crippen LogP contribution in [0.4, 0.5) is 0 Å². The minimum Gasteiger partial charge on any atom is -0.467 e. The minimum absolute atomic E-state index is 0.118. The van der Waals surface area contributed by atoms with Gasteiger partial charge in [0.15, 0.2) is 5.65 Å². The summed E-state index contributed by atoms with van der Waals surface area (Å²) in [6.07, 6.45) is 6.68. The average Bonchev–Trinajstić information content (AvgIpc) is 3.29. The molecule has 0 fully saturated rings. The van der Waals surface area contributed by atoms with E-state index in [9.17, 15) is 4.79 Å². The number of amides is 1. The van der Waals surface area contributed by atoms with E-state index in [2.05, 4.69) is 15.1 Å². The first kappa shape index (κ1) is 17.0. The number of aromatic nitrogens is 4. The van der Waals surface area contributed by atoms with E-state index in [0.717, 1.165) is 28.1 Å². The van der Waals surface area contributed by atoms with Gasteiger partial charge in [-0.25, -0.2) is 4.98 Å². The van der Waals surface area contributed by atoms with Crippen LogP contribution < -0.4 is 0 Å². The first-order chi connectivity index (χ1) is 13.1. The van der Waals surface area contributed by atoms with Crippen LogP contribution in [0.3, 0.4) is 0 Å². The van der Waals surface area contributed by atoms with Crippen molar-refractivity contribution in [2.75, 3.05) is 0 Å². The van der Waals surface area contributed by atoms with Crippen molar-refractivity contribution >= 4 is 16.9 Å². The van der Waals surface area contributed by atoms with Gasteiger partial charge in [0, 0.05) is 37.6 Å². The monoisotopic (exact) mass is 361 g/mol. The van der Waals surface area contributed by atoms with Crippen LogP contribution >= 0.6 is 0 Å². The van der Waals surface area contributed by atoms with Gasteiger partial charge < -0.3 is 9.32 Å². The predicted molar refractivity (Wildman–Crippen MR) is 99.8 cm³/mol. The maximum atomic E-state index is 13.2. The highest BCUT2D eigenvalue weighted by Crippen LogP contribution is 2.19. The van der Waals surface area contributed by atoms with Crippen LogP contribution in [0.25, 0.3) is 11.0 Å². The van der Waals surface area contributed by atoms with Gasteiger partial charge in [0.1, 0.15) is 5.76 Å². The van der Waals surface area contributed by atoms with Gasteiger partial charge in [0.2, 0.25) is 0 Å². The van der Waals surface area contributed by atoms with Crippen molar-refractivity contribution in [3.05, 3.63) is 77.8 Å². The van der Waals surface area contributed by atoms with Crippen LogP contribution in [-0.2, 0) is 20.1 Å². The lowest BCUT2D eigenvalue weighted by atomic mass is 10.1. The van der Waals surface area contributed by atoms with Gasteiger partial charge in [0.25, 0.3) is 5.91 Å². The minimum atomic E-state index is -0.118. The van der Waals surface area contributed by atoms with E-state index in [1.807, 2.05) is 44.3 Å². The fourth-order valence-corrected chi connectivity index (χ4v) is 3.11. The lowest BCUT2D eigenvalue weighted by Gasteiger charge is -2.21. The highest BCUT2D eigenvalue weighted by atomic mass is 16.3. The number of carbonyl (C=O) groups excluding carboxylic acids is 1. The number of hydrogen-bond acceptors (Lipinski definition) is 5. The van der Waals surface area contributed by atoms with Crippen LogP contribution in [0.1, 0.15) is 27.4 Å². The third kappa shape index (κ3) is 3.44. The fraction of sp³-hybridized carbons (Fsp3) is 0.200. The quantitative estimate of drug-likeness (QED) is 0.546. The zero-order valence-electron chi connectivity index (χ0n) is 15.2. The first-order valence-electron chi connectivity index (χ1n) is 8.62. The molecule has 0 N–H and O–H groups in total. The van der Waals surface area contributed by atoms with Gasteiger partial charge in [-0.2, -0.15) is 5.10 Å². The third-order valence-electron chi connectivity index (χ3n) is 4.42. The van der Waals surface area contributed by atoms with E-state index >= 15 is 0 Å². The van der Waals surface area contributed by atoms with Gasteiger partial charge in [-0.15, -0.1) is 0 Å². The van der Waals surface area contributed by atoms with E-state index in [1.165, 1.54) is 0 Å².